The number of hydrogen-bond acceptors (Lipinski definition) is 6. The van der Waals surface area contributed by atoms with E-state index < -0.39 is 8.32 Å². The molecule has 1 unspecified atom stereocenters. The summed E-state index contributed by atoms with van der Waals surface area (Å²) >= 11 is 0. The van der Waals surface area contributed by atoms with E-state index in [4.69, 9.17) is 14.0 Å². The van der Waals surface area contributed by atoms with E-state index in [1.54, 1.807) is 5.06 Å². The molecule has 8 heteroatoms. The average molecular weight is 424 g/mol. The Morgan fingerprint density at radius 1 is 1.21 bits per heavy atom. The van der Waals surface area contributed by atoms with Crippen LogP contribution in [0, 0.1) is 0 Å². The second-order valence-electron chi connectivity index (χ2n) is 8.58. The van der Waals surface area contributed by atoms with Gasteiger partial charge in [0.15, 0.2) is 6.17 Å². The second-order valence-corrected chi connectivity index (χ2v) is 14.0. The molecular weight excluding hydrogens is 386 g/mol. The predicted molar refractivity (Wildman–Crippen MR) is 118 cm³/mol. The smallest absolute Gasteiger partial charge is 0.306 e. The van der Waals surface area contributed by atoms with Crippen LogP contribution in [0.25, 0.3) is 0 Å². The summed E-state index contributed by atoms with van der Waals surface area (Å²) in [5.41, 5.74) is 1.57. The van der Waals surface area contributed by atoms with Crippen LogP contribution in [0.4, 0.5) is 5.82 Å². The Morgan fingerprint density at radius 3 is 2.38 bits per heavy atom. The van der Waals surface area contributed by atoms with E-state index in [1.807, 2.05) is 25.3 Å². The van der Waals surface area contributed by atoms with E-state index >= 15 is 0 Å². The van der Waals surface area contributed by atoms with E-state index in [0.717, 1.165) is 5.82 Å². The van der Waals surface area contributed by atoms with Crippen molar-refractivity contribution < 1.29 is 18.8 Å². The Balaban J connectivity index is 2.11. The second kappa shape index (κ2) is 9.80. The van der Waals surface area contributed by atoms with Gasteiger partial charge in [-0.25, -0.2) is 4.99 Å². The summed E-state index contributed by atoms with van der Waals surface area (Å²) < 4.78 is 13.5. The fourth-order valence-electron chi connectivity index (χ4n) is 4.53. The first-order chi connectivity index (χ1) is 13.6. The van der Waals surface area contributed by atoms with Gasteiger partial charge in [-0.05, 0) is 35.7 Å². The molecule has 0 aliphatic carbocycles. The highest BCUT2D eigenvalue weighted by Gasteiger charge is 2.45. The van der Waals surface area contributed by atoms with Crippen molar-refractivity contribution in [3.05, 3.63) is 18.3 Å². The zero-order valence-corrected chi connectivity index (χ0v) is 20.1. The molecule has 29 heavy (non-hydrogen) atoms. The maximum atomic E-state index is 11.4. The quantitative estimate of drug-likeness (QED) is 0.387. The highest BCUT2D eigenvalue weighted by Crippen LogP contribution is 2.42. The van der Waals surface area contributed by atoms with E-state index in [0.29, 0.717) is 35.7 Å². The van der Waals surface area contributed by atoms with Crippen molar-refractivity contribution in [2.24, 2.45) is 4.99 Å². The van der Waals surface area contributed by atoms with Crippen LogP contribution in [-0.4, -0.2) is 38.0 Å². The molecular formula is C21H37N3O4Si. The number of aromatic nitrogens is 1. The molecule has 2 rings (SSSR count). The molecule has 1 aliphatic heterocycles. The summed E-state index contributed by atoms with van der Waals surface area (Å²) in [6.07, 6.45) is 2.52. The van der Waals surface area contributed by atoms with Crippen LogP contribution < -0.4 is 5.06 Å². The van der Waals surface area contributed by atoms with Gasteiger partial charge in [-0.2, -0.15) is 5.06 Å². The largest absolute Gasteiger partial charge is 0.469 e. The van der Waals surface area contributed by atoms with Crippen LogP contribution in [0.2, 0.25) is 16.6 Å². The number of aliphatic imine (C=N–C) groups is 1. The number of ether oxygens (including phenoxy) is 1. The number of carbonyl (C=O) groups excluding carboxylic acids is 1. The monoisotopic (exact) mass is 423 g/mol. The summed E-state index contributed by atoms with van der Waals surface area (Å²) in [7, 11) is -0.581. The number of rotatable bonds is 10. The Bertz CT molecular complexity index is 693. The van der Waals surface area contributed by atoms with E-state index in [2.05, 4.69) is 51.1 Å². The van der Waals surface area contributed by atoms with Crippen LogP contribution in [0.3, 0.4) is 0 Å². The van der Waals surface area contributed by atoms with Gasteiger partial charge in [0, 0.05) is 12.6 Å². The molecule has 0 bridgehead atoms. The lowest BCUT2D eigenvalue weighted by molar-refractivity contribution is -0.140. The topological polar surface area (TPSA) is 65.3 Å². The molecule has 1 aromatic rings. The molecule has 0 saturated heterocycles. The Labute approximate surface area is 176 Å². The third kappa shape index (κ3) is 5.03. The Hall–Kier alpha value is -1.80. The number of anilines is 1. The van der Waals surface area contributed by atoms with Gasteiger partial charge < -0.3 is 18.6 Å². The lowest BCUT2D eigenvalue weighted by Crippen LogP contribution is -2.48. The third-order valence-corrected chi connectivity index (χ3v) is 11.9. The summed E-state index contributed by atoms with van der Waals surface area (Å²) in [6.45, 7) is 16.2. The summed E-state index contributed by atoms with van der Waals surface area (Å²) in [4.78, 5) is 21.9. The minimum absolute atomic E-state index is 0.168. The first kappa shape index (κ1) is 23.5. The highest BCUT2D eigenvalue weighted by atomic mass is 28.4. The summed E-state index contributed by atoms with van der Waals surface area (Å²) in [6, 6.07) is 3.99. The fraction of sp³-hybridized carbons (Fsp3) is 0.714. The molecule has 1 aliphatic rings. The van der Waals surface area contributed by atoms with Gasteiger partial charge in [0.1, 0.15) is 12.5 Å². The summed E-state index contributed by atoms with van der Waals surface area (Å²) in [5, 5.41) is 1.78. The number of esters is 1. The van der Waals surface area contributed by atoms with Crippen molar-refractivity contribution in [2.75, 3.05) is 12.2 Å². The molecule has 2 heterocycles. The van der Waals surface area contributed by atoms with Gasteiger partial charge in [0.05, 0.1) is 13.5 Å². The maximum absolute atomic E-state index is 11.4. The molecule has 0 fully saturated rings. The van der Waals surface area contributed by atoms with Crippen LogP contribution in [0.15, 0.2) is 23.3 Å². The van der Waals surface area contributed by atoms with Crippen molar-refractivity contribution in [1.82, 2.24) is 4.57 Å². The van der Waals surface area contributed by atoms with Crippen LogP contribution >= 0.6 is 0 Å². The molecule has 0 amide bonds. The molecule has 164 valence electrons. The van der Waals surface area contributed by atoms with Crippen molar-refractivity contribution in [2.45, 2.75) is 90.8 Å². The van der Waals surface area contributed by atoms with Crippen molar-refractivity contribution in [3.63, 3.8) is 0 Å². The zero-order chi connectivity index (χ0) is 21.8. The number of hydroxylamine groups is 1. The first-order valence-electron chi connectivity index (χ1n) is 10.5. The van der Waals surface area contributed by atoms with E-state index in [9.17, 15) is 4.79 Å². The SMILES string of the molecule is COC(=O)CCC1=NC(C)N(c2cccn2CO[Si](C(C)C)(C(C)C)C(C)C)O1. The molecule has 0 N–H and O–H groups in total. The normalized spacial score (nSPS) is 17.3. The minimum Gasteiger partial charge on any atom is -0.469 e. The molecule has 0 saturated carbocycles. The van der Waals surface area contributed by atoms with Gasteiger partial charge in [-0.3, -0.25) is 4.79 Å². The van der Waals surface area contributed by atoms with E-state index in [-0.39, 0.29) is 18.6 Å². The molecule has 0 aromatic carbocycles. The Kier molecular flexibility index (Phi) is 7.93. The van der Waals surface area contributed by atoms with Crippen LogP contribution in [0.1, 0.15) is 61.3 Å². The third-order valence-electron chi connectivity index (χ3n) is 5.84. The van der Waals surface area contributed by atoms with Gasteiger partial charge in [-0.1, -0.05) is 41.5 Å². The predicted octanol–water partition coefficient (Wildman–Crippen LogP) is 5.09. The number of nitrogens with zero attached hydrogens (tertiary/aromatic N) is 3. The number of carbonyl (C=O) groups is 1. The number of hydrogen-bond donors (Lipinski definition) is 0. The zero-order valence-electron chi connectivity index (χ0n) is 19.1. The van der Waals surface area contributed by atoms with Gasteiger partial charge in [0.2, 0.25) is 14.2 Å². The standard InChI is InChI=1S/C21H37N3O4Si/c1-15(2)29(16(3)4,17(5)6)27-14-23-13-9-10-20(23)24-18(7)22-19(28-24)11-12-21(25)26-8/h9-10,13,15-18H,11-12,14H2,1-8H3. The fourth-order valence-corrected chi connectivity index (χ4v) is 9.89. The van der Waals surface area contributed by atoms with Crippen molar-refractivity contribution in [1.29, 1.82) is 0 Å². The lowest BCUT2D eigenvalue weighted by atomic mass is 10.3. The summed E-state index contributed by atoms with van der Waals surface area (Å²) in [5.74, 6) is 1.18. The molecule has 1 atom stereocenters. The maximum Gasteiger partial charge on any atom is 0.306 e. The van der Waals surface area contributed by atoms with Crippen LogP contribution in [-0.2, 0) is 25.5 Å². The number of methoxy groups -OCH3 is 1. The molecule has 7 nitrogen and oxygen atoms in total. The lowest BCUT2D eigenvalue weighted by Gasteiger charge is -2.42. The molecule has 0 radical (unpaired) electrons. The van der Waals surface area contributed by atoms with Crippen molar-refractivity contribution in [3.8, 4) is 0 Å². The Morgan fingerprint density at radius 2 is 1.83 bits per heavy atom. The van der Waals surface area contributed by atoms with Crippen LogP contribution in [0.5, 0.6) is 0 Å². The minimum atomic E-state index is -1.97. The van der Waals surface area contributed by atoms with E-state index in [1.165, 1.54) is 7.11 Å². The first-order valence-corrected chi connectivity index (χ1v) is 12.7. The van der Waals surface area contributed by atoms with Gasteiger partial charge in [0.25, 0.3) is 0 Å². The average Bonchev–Trinajstić information content (AvgIpc) is 3.25. The highest BCUT2D eigenvalue weighted by molar-refractivity contribution is 6.77. The molecule has 1 aromatic heterocycles. The van der Waals surface area contributed by atoms with Gasteiger partial charge in [-0.15, -0.1) is 0 Å². The van der Waals surface area contributed by atoms with Gasteiger partial charge >= 0.3 is 5.97 Å². The molecule has 0 spiro atoms. The van der Waals surface area contributed by atoms with Crippen molar-refractivity contribution >= 4 is 26.0 Å².